The zero-order valence-electron chi connectivity index (χ0n) is 15.4. The van der Waals surface area contributed by atoms with Crippen molar-refractivity contribution in [1.29, 1.82) is 0 Å². The summed E-state index contributed by atoms with van der Waals surface area (Å²) >= 11 is 0. The Labute approximate surface area is 152 Å². The van der Waals surface area contributed by atoms with Gasteiger partial charge in [0.1, 0.15) is 0 Å². The predicted octanol–water partition coefficient (Wildman–Crippen LogP) is 3.33. The van der Waals surface area contributed by atoms with E-state index in [1.807, 2.05) is 32.7 Å². The van der Waals surface area contributed by atoms with Gasteiger partial charge in [0.05, 0.1) is 19.4 Å². The molecular formula is C19H22N4O3. The van der Waals surface area contributed by atoms with Crippen LogP contribution >= 0.6 is 0 Å². The van der Waals surface area contributed by atoms with E-state index in [9.17, 15) is 4.79 Å². The van der Waals surface area contributed by atoms with E-state index in [2.05, 4.69) is 27.6 Å². The summed E-state index contributed by atoms with van der Waals surface area (Å²) in [4.78, 5) is 14.2. The number of aryl methyl sites for hydroxylation is 3. The maximum absolute atomic E-state index is 12.4. The number of carbonyl (C=O) groups is 1. The average Bonchev–Trinajstić information content (AvgIpc) is 3.21. The van der Waals surface area contributed by atoms with E-state index in [4.69, 9.17) is 8.83 Å². The lowest BCUT2D eigenvalue weighted by Crippen LogP contribution is -2.30. The molecular weight excluding hydrogens is 332 g/mol. The standard InChI is InChI=1S/C19H22N4O3/c1-12-8-13(2)18(14(3)9-12)20-16(24)10-23(4)11-17-21-22-19(26-17)15-6-5-7-25-15/h5-9H,10-11H2,1-4H3,(H,20,24). The molecule has 0 aliphatic carbocycles. The van der Waals surface area contributed by atoms with Crippen molar-refractivity contribution < 1.29 is 13.6 Å². The van der Waals surface area contributed by atoms with Crippen molar-refractivity contribution in [3.63, 3.8) is 0 Å². The summed E-state index contributed by atoms with van der Waals surface area (Å²) in [6.07, 6.45) is 1.55. The Balaban J connectivity index is 1.58. The van der Waals surface area contributed by atoms with Gasteiger partial charge in [-0.05, 0) is 51.1 Å². The van der Waals surface area contributed by atoms with Crippen LogP contribution in [0.15, 0.2) is 39.4 Å². The quantitative estimate of drug-likeness (QED) is 0.731. The van der Waals surface area contributed by atoms with E-state index >= 15 is 0 Å². The molecule has 0 spiro atoms. The Morgan fingerprint density at radius 2 is 1.92 bits per heavy atom. The van der Waals surface area contributed by atoms with Gasteiger partial charge in [0.15, 0.2) is 5.76 Å². The summed E-state index contributed by atoms with van der Waals surface area (Å²) in [5, 5.41) is 10.9. The number of furan rings is 1. The number of amides is 1. The zero-order valence-corrected chi connectivity index (χ0v) is 15.4. The molecule has 0 bridgehead atoms. The molecule has 0 aliphatic heterocycles. The summed E-state index contributed by atoms with van der Waals surface area (Å²) in [6.45, 7) is 6.61. The first-order chi connectivity index (χ1) is 12.4. The molecule has 3 aromatic rings. The van der Waals surface area contributed by atoms with E-state index in [1.54, 1.807) is 18.4 Å². The van der Waals surface area contributed by atoms with Gasteiger partial charge in [0, 0.05) is 5.69 Å². The van der Waals surface area contributed by atoms with Crippen LogP contribution in [-0.2, 0) is 11.3 Å². The number of hydrogen-bond donors (Lipinski definition) is 1. The van der Waals surface area contributed by atoms with Crippen LogP contribution in [0, 0.1) is 20.8 Å². The minimum absolute atomic E-state index is 0.0895. The van der Waals surface area contributed by atoms with Crippen molar-refractivity contribution in [3.05, 3.63) is 53.1 Å². The lowest BCUT2D eigenvalue weighted by Gasteiger charge is -2.16. The number of hydrogen-bond acceptors (Lipinski definition) is 6. The fraction of sp³-hybridized carbons (Fsp3) is 0.316. The Morgan fingerprint density at radius 3 is 2.58 bits per heavy atom. The Hall–Kier alpha value is -2.93. The van der Waals surface area contributed by atoms with Gasteiger partial charge < -0.3 is 14.2 Å². The number of anilines is 1. The zero-order chi connectivity index (χ0) is 18.7. The molecule has 26 heavy (non-hydrogen) atoms. The summed E-state index contributed by atoms with van der Waals surface area (Å²) in [7, 11) is 1.82. The third kappa shape index (κ3) is 4.18. The SMILES string of the molecule is Cc1cc(C)c(NC(=O)CN(C)Cc2nnc(-c3ccco3)o2)c(C)c1. The topological polar surface area (TPSA) is 84.4 Å². The molecule has 0 aliphatic rings. The van der Waals surface area contributed by atoms with Gasteiger partial charge in [-0.15, -0.1) is 10.2 Å². The fourth-order valence-electron chi connectivity index (χ4n) is 2.91. The van der Waals surface area contributed by atoms with Crippen molar-refractivity contribution in [2.45, 2.75) is 27.3 Å². The first kappa shape index (κ1) is 17.9. The van der Waals surface area contributed by atoms with Crippen LogP contribution < -0.4 is 5.32 Å². The second kappa shape index (κ2) is 7.53. The number of rotatable bonds is 6. The number of carbonyl (C=O) groups excluding carboxylic acids is 1. The van der Waals surface area contributed by atoms with Gasteiger partial charge in [-0.3, -0.25) is 9.69 Å². The van der Waals surface area contributed by atoms with Crippen LogP contribution in [-0.4, -0.2) is 34.6 Å². The molecule has 1 amide bonds. The lowest BCUT2D eigenvalue weighted by atomic mass is 10.1. The molecule has 0 saturated carbocycles. The molecule has 0 atom stereocenters. The maximum atomic E-state index is 12.4. The Morgan fingerprint density at radius 1 is 1.19 bits per heavy atom. The molecule has 3 rings (SSSR count). The number of nitrogens with one attached hydrogen (secondary N) is 1. The van der Waals surface area contributed by atoms with Crippen LogP contribution in [0.5, 0.6) is 0 Å². The Bertz CT molecular complexity index is 876. The summed E-state index contributed by atoms with van der Waals surface area (Å²) in [5.74, 6) is 1.19. The molecule has 7 heteroatoms. The highest BCUT2D eigenvalue weighted by Crippen LogP contribution is 2.22. The highest BCUT2D eigenvalue weighted by molar-refractivity contribution is 5.93. The maximum Gasteiger partial charge on any atom is 0.283 e. The van der Waals surface area contributed by atoms with Crippen LogP contribution in [0.2, 0.25) is 0 Å². The third-order valence-electron chi connectivity index (χ3n) is 3.96. The van der Waals surface area contributed by atoms with Crippen molar-refractivity contribution >= 4 is 11.6 Å². The fourth-order valence-corrected chi connectivity index (χ4v) is 2.91. The summed E-state index contributed by atoms with van der Waals surface area (Å²) in [5.41, 5.74) is 4.16. The molecule has 0 fully saturated rings. The van der Waals surface area contributed by atoms with Crippen molar-refractivity contribution in [2.24, 2.45) is 0 Å². The van der Waals surface area contributed by atoms with E-state index in [0.29, 0.717) is 24.1 Å². The lowest BCUT2D eigenvalue weighted by molar-refractivity contribution is -0.117. The van der Waals surface area contributed by atoms with Crippen LogP contribution in [0.1, 0.15) is 22.6 Å². The van der Waals surface area contributed by atoms with Crippen LogP contribution in [0.25, 0.3) is 11.7 Å². The Kier molecular flexibility index (Phi) is 5.18. The molecule has 1 N–H and O–H groups in total. The summed E-state index contributed by atoms with van der Waals surface area (Å²) < 4.78 is 10.8. The molecule has 2 heterocycles. The van der Waals surface area contributed by atoms with Gasteiger partial charge in [-0.2, -0.15) is 0 Å². The largest absolute Gasteiger partial charge is 0.459 e. The highest BCUT2D eigenvalue weighted by atomic mass is 16.4. The van der Waals surface area contributed by atoms with Crippen LogP contribution in [0.3, 0.4) is 0 Å². The van der Waals surface area contributed by atoms with Gasteiger partial charge in [-0.1, -0.05) is 17.7 Å². The minimum Gasteiger partial charge on any atom is -0.459 e. The monoisotopic (exact) mass is 354 g/mol. The van der Waals surface area contributed by atoms with E-state index < -0.39 is 0 Å². The van der Waals surface area contributed by atoms with Crippen molar-refractivity contribution in [1.82, 2.24) is 15.1 Å². The van der Waals surface area contributed by atoms with Gasteiger partial charge >= 0.3 is 0 Å². The van der Waals surface area contributed by atoms with Gasteiger partial charge in [-0.25, -0.2) is 0 Å². The van der Waals surface area contributed by atoms with Gasteiger partial charge in [0.2, 0.25) is 11.8 Å². The number of likely N-dealkylation sites (N-methyl/N-ethyl adjacent to an activating group) is 1. The second-order valence-electron chi connectivity index (χ2n) is 6.47. The second-order valence-corrected chi connectivity index (χ2v) is 6.47. The number of aromatic nitrogens is 2. The highest BCUT2D eigenvalue weighted by Gasteiger charge is 2.15. The molecule has 0 unspecified atom stereocenters. The first-order valence-corrected chi connectivity index (χ1v) is 8.35. The van der Waals surface area contributed by atoms with Gasteiger partial charge in [0.25, 0.3) is 5.89 Å². The molecule has 1 aromatic carbocycles. The predicted molar refractivity (Wildman–Crippen MR) is 97.6 cm³/mol. The third-order valence-corrected chi connectivity index (χ3v) is 3.96. The smallest absolute Gasteiger partial charge is 0.283 e. The number of benzene rings is 1. The van der Waals surface area contributed by atoms with Crippen molar-refractivity contribution in [3.8, 4) is 11.7 Å². The molecule has 136 valence electrons. The molecule has 0 saturated heterocycles. The first-order valence-electron chi connectivity index (χ1n) is 8.35. The van der Waals surface area contributed by atoms with E-state index in [1.165, 1.54) is 5.56 Å². The summed E-state index contributed by atoms with van der Waals surface area (Å²) in [6, 6.07) is 7.62. The molecule has 0 radical (unpaired) electrons. The molecule has 2 aromatic heterocycles. The normalized spacial score (nSPS) is 11.1. The minimum atomic E-state index is -0.0895. The molecule has 7 nitrogen and oxygen atoms in total. The number of nitrogens with zero attached hydrogens (tertiary/aromatic N) is 3. The van der Waals surface area contributed by atoms with E-state index in [-0.39, 0.29) is 12.5 Å². The van der Waals surface area contributed by atoms with Crippen LogP contribution in [0.4, 0.5) is 5.69 Å². The average molecular weight is 354 g/mol. The van der Waals surface area contributed by atoms with E-state index in [0.717, 1.165) is 16.8 Å². The van der Waals surface area contributed by atoms with Crippen molar-refractivity contribution in [2.75, 3.05) is 18.9 Å².